The molecule has 0 bridgehead atoms. The summed E-state index contributed by atoms with van der Waals surface area (Å²) in [4.78, 5) is 11.6. The Morgan fingerprint density at radius 3 is 2.26 bits per heavy atom. The fourth-order valence-electron chi connectivity index (χ4n) is 2.83. The minimum absolute atomic E-state index is 0.540. The third-order valence-electron chi connectivity index (χ3n) is 4.13. The zero-order valence-electron chi connectivity index (χ0n) is 12.2. The molecule has 0 aromatic carbocycles. The van der Waals surface area contributed by atoms with Crippen LogP contribution < -0.4 is 0 Å². The minimum Gasteiger partial charge on any atom is -0.481 e. The fourth-order valence-corrected chi connectivity index (χ4v) is 2.83. The van der Waals surface area contributed by atoms with E-state index in [4.69, 9.17) is 9.47 Å². The van der Waals surface area contributed by atoms with Crippen molar-refractivity contribution in [1.82, 2.24) is 0 Å². The molecule has 0 heterocycles. The van der Waals surface area contributed by atoms with E-state index in [0.717, 1.165) is 32.1 Å². The molecule has 0 spiro atoms. The summed E-state index contributed by atoms with van der Waals surface area (Å²) in [6.07, 6.45) is 8.81. The third kappa shape index (κ3) is 5.91. The molecule has 1 fully saturated rings. The van der Waals surface area contributed by atoms with Crippen LogP contribution in [0.5, 0.6) is 0 Å². The Balaban J connectivity index is 2.35. The van der Waals surface area contributed by atoms with Crippen LogP contribution in [-0.4, -0.2) is 38.0 Å². The van der Waals surface area contributed by atoms with Gasteiger partial charge in [0.2, 0.25) is 0 Å². The van der Waals surface area contributed by atoms with Gasteiger partial charge < -0.3 is 14.6 Å². The molecule has 1 aliphatic carbocycles. The summed E-state index contributed by atoms with van der Waals surface area (Å²) in [5.41, 5.74) is -0.540. The maximum absolute atomic E-state index is 11.6. The second-order valence-electron chi connectivity index (χ2n) is 5.56. The first-order valence-corrected chi connectivity index (χ1v) is 7.51. The summed E-state index contributed by atoms with van der Waals surface area (Å²) in [5.74, 6) is -0.630. The van der Waals surface area contributed by atoms with Gasteiger partial charge in [0, 0.05) is 26.9 Å². The summed E-state index contributed by atoms with van der Waals surface area (Å²) >= 11 is 0. The van der Waals surface area contributed by atoms with Crippen LogP contribution in [0.3, 0.4) is 0 Å². The van der Waals surface area contributed by atoms with Crippen molar-refractivity contribution in [2.45, 2.75) is 57.8 Å². The first-order chi connectivity index (χ1) is 9.21. The first-order valence-electron chi connectivity index (χ1n) is 7.51. The SMILES string of the molecule is COCCCOCCC1(C(=O)O)CCCCCCC1. The van der Waals surface area contributed by atoms with E-state index < -0.39 is 11.4 Å². The molecule has 1 aliphatic rings. The van der Waals surface area contributed by atoms with Gasteiger partial charge >= 0.3 is 5.97 Å². The predicted octanol–water partition coefficient (Wildman–Crippen LogP) is 3.24. The molecule has 0 aromatic heterocycles. The second-order valence-corrected chi connectivity index (χ2v) is 5.56. The van der Waals surface area contributed by atoms with Crippen molar-refractivity contribution < 1.29 is 19.4 Å². The van der Waals surface area contributed by atoms with Crippen LogP contribution in [0.4, 0.5) is 0 Å². The molecule has 0 unspecified atom stereocenters. The molecule has 1 N–H and O–H groups in total. The highest BCUT2D eigenvalue weighted by Crippen LogP contribution is 2.37. The largest absolute Gasteiger partial charge is 0.481 e. The average molecular weight is 272 g/mol. The number of carboxylic acid groups (broad SMARTS) is 1. The third-order valence-corrected chi connectivity index (χ3v) is 4.13. The van der Waals surface area contributed by atoms with E-state index in [1.165, 1.54) is 19.3 Å². The Morgan fingerprint density at radius 2 is 1.68 bits per heavy atom. The Kier molecular flexibility index (Phi) is 8.07. The fraction of sp³-hybridized carbons (Fsp3) is 0.933. The van der Waals surface area contributed by atoms with Crippen molar-refractivity contribution in [2.75, 3.05) is 26.9 Å². The van der Waals surface area contributed by atoms with Crippen LogP contribution in [0, 0.1) is 5.41 Å². The van der Waals surface area contributed by atoms with Crippen molar-refractivity contribution in [2.24, 2.45) is 5.41 Å². The smallest absolute Gasteiger partial charge is 0.309 e. The number of rotatable bonds is 8. The number of aliphatic carboxylic acids is 1. The molecule has 0 radical (unpaired) electrons. The van der Waals surface area contributed by atoms with Gasteiger partial charge in [-0.1, -0.05) is 32.1 Å². The average Bonchev–Trinajstić information content (AvgIpc) is 2.35. The van der Waals surface area contributed by atoms with Gasteiger partial charge in [-0.25, -0.2) is 0 Å². The maximum atomic E-state index is 11.6. The molecule has 0 atom stereocenters. The highest BCUT2D eigenvalue weighted by Gasteiger charge is 2.37. The number of carboxylic acids is 1. The lowest BCUT2D eigenvalue weighted by molar-refractivity contribution is -0.151. The number of methoxy groups -OCH3 is 1. The summed E-state index contributed by atoms with van der Waals surface area (Å²) in [5, 5.41) is 9.57. The van der Waals surface area contributed by atoms with Crippen LogP contribution in [0.2, 0.25) is 0 Å². The zero-order valence-corrected chi connectivity index (χ0v) is 12.2. The van der Waals surface area contributed by atoms with E-state index in [2.05, 4.69) is 0 Å². The monoisotopic (exact) mass is 272 g/mol. The van der Waals surface area contributed by atoms with Gasteiger partial charge in [0.15, 0.2) is 0 Å². The van der Waals surface area contributed by atoms with E-state index in [9.17, 15) is 9.90 Å². The molecule has 0 amide bonds. The quantitative estimate of drug-likeness (QED) is 0.689. The summed E-state index contributed by atoms with van der Waals surface area (Å²) in [6.45, 7) is 1.91. The van der Waals surface area contributed by atoms with Crippen LogP contribution in [0.1, 0.15) is 57.8 Å². The predicted molar refractivity (Wildman–Crippen MR) is 74.3 cm³/mol. The number of hydrogen-bond acceptors (Lipinski definition) is 3. The van der Waals surface area contributed by atoms with Gasteiger partial charge in [0.25, 0.3) is 0 Å². The molecular weight excluding hydrogens is 244 g/mol. The van der Waals surface area contributed by atoms with Gasteiger partial charge in [0.1, 0.15) is 0 Å². The van der Waals surface area contributed by atoms with Crippen LogP contribution in [0.15, 0.2) is 0 Å². The van der Waals surface area contributed by atoms with Crippen LogP contribution >= 0.6 is 0 Å². The molecule has 19 heavy (non-hydrogen) atoms. The second kappa shape index (κ2) is 9.32. The molecule has 0 aromatic rings. The van der Waals surface area contributed by atoms with Gasteiger partial charge in [-0.15, -0.1) is 0 Å². The molecule has 1 saturated carbocycles. The van der Waals surface area contributed by atoms with E-state index in [0.29, 0.717) is 26.2 Å². The topological polar surface area (TPSA) is 55.8 Å². The lowest BCUT2D eigenvalue weighted by Gasteiger charge is -2.31. The standard InChI is InChI=1S/C15H28O4/c1-18-11-7-12-19-13-10-15(14(16)17)8-5-3-2-4-6-9-15/h2-13H2,1H3,(H,16,17). The molecular formula is C15H28O4. The molecule has 112 valence electrons. The lowest BCUT2D eigenvalue weighted by atomic mass is 9.74. The van der Waals surface area contributed by atoms with Gasteiger partial charge in [-0.2, -0.15) is 0 Å². The highest BCUT2D eigenvalue weighted by atomic mass is 16.5. The van der Waals surface area contributed by atoms with Gasteiger partial charge in [-0.05, 0) is 25.7 Å². The molecule has 0 aliphatic heterocycles. The Morgan fingerprint density at radius 1 is 1.05 bits per heavy atom. The van der Waals surface area contributed by atoms with Crippen molar-refractivity contribution in [3.05, 3.63) is 0 Å². The Labute approximate surface area is 116 Å². The molecule has 0 saturated heterocycles. The van der Waals surface area contributed by atoms with Crippen LogP contribution in [0.25, 0.3) is 0 Å². The van der Waals surface area contributed by atoms with E-state index >= 15 is 0 Å². The lowest BCUT2D eigenvalue weighted by Crippen LogP contribution is -2.33. The number of hydrogen-bond donors (Lipinski definition) is 1. The first kappa shape index (κ1) is 16.4. The molecule has 1 rings (SSSR count). The van der Waals surface area contributed by atoms with Crippen molar-refractivity contribution in [3.63, 3.8) is 0 Å². The van der Waals surface area contributed by atoms with Crippen LogP contribution in [-0.2, 0) is 14.3 Å². The van der Waals surface area contributed by atoms with Crippen molar-refractivity contribution in [3.8, 4) is 0 Å². The molecule has 4 nitrogen and oxygen atoms in total. The summed E-state index contributed by atoms with van der Waals surface area (Å²) < 4.78 is 10.5. The number of ether oxygens (including phenoxy) is 2. The Hall–Kier alpha value is -0.610. The van der Waals surface area contributed by atoms with E-state index in [1.54, 1.807) is 7.11 Å². The van der Waals surface area contributed by atoms with Crippen molar-refractivity contribution in [1.29, 1.82) is 0 Å². The summed E-state index contributed by atoms with van der Waals surface area (Å²) in [6, 6.07) is 0. The number of carbonyl (C=O) groups is 1. The molecule has 4 heteroatoms. The summed E-state index contributed by atoms with van der Waals surface area (Å²) in [7, 11) is 1.67. The Bertz CT molecular complexity index is 245. The maximum Gasteiger partial charge on any atom is 0.309 e. The van der Waals surface area contributed by atoms with Crippen molar-refractivity contribution >= 4 is 5.97 Å². The van der Waals surface area contributed by atoms with E-state index in [1.807, 2.05) is 0 Å². The zero-order chi connectivity index (χ0) is 14.0. The van der Waals surface area contributed by atoms with Gasteiger partial charge in [-0.3, -0.25) is 4.79 Å². The van der Waals surface area contributed by atoms with Gasteiger partial charge in [0.05, 0.1) is 5.41 Å². The highest BCUT2D eigenvalue weighted by molar-refractivity contribution is 5.74. The van der Waals surface area contributed by atoms with E-state index in [-0.39, 0.29) is 0 Å². The minimum atomic E-state index is -0.630. The normalized spacial score (nSPS) is 19.6.